The number of hydrogen-bond donors (Lipinski definition) is 4. The van der Waals surface area contributed by atoms with Crippen molar-refractivity contribution < 1.29 is 23.2 Å². The van der Waals surface area contributed by atoms with Crippen LogP contribution >= 0.6 is 0 Å². The molecule has 0 bridgehead atoms. The molecule has 3 aromatic rings. The van der Waals surface area contributed by atoms with Crippen LogP contribution in [0.3, 0.4) is 0 Å². The lowest BCUT2D eigenvalue weighted by Crippen LogP contribution is -2.25. The molecular weight excluding hydrogens is 385 g/mol. The van der Waals surface area contributed by atoms with Gasteiger partial charge < -0.3 is 10.6 Å². The lowest BCUT2D eigenvalue weighted by Gasteiger charge is -2.19. The molecular formula is C20H17F3N4O2. The molecule has 0 aliphatic carbocycles. The molecule has 0 saturated carbocycles. The Morgan fingerprint density at radius 3 is 2.07 bits per heavy atom. The van der Waals surface area contributed by atoms with E-state index < -0.39 is 17.8 Å². The minimum atomic E-state index is -4.44. The zero-order chi connectivity index (χ0) is 20.9. The molecule has 0 saturated heterocycles. The van der Waals surface area contributed by atoms with Crippen LogP contribution in [0.4, 0.5) is 40.7 Å². The topological polar surface area (TPSA) is 76.6 Å². The van der Waals surface area contributed by atoms with Crippen LogP contribution in [-0.2, 0) is 6.18 Å². The Hall–Kier alpha value is -3.72. The van der Waals surface area contributed by atoms with Crippen LogP contribution in [0.2, 0.25) is 0 Å². The van der Waals surface area contributed by atoms with Crippen LogP contribution in [0.25, 0.3) is 0 Å². The highest BCUT2D eigenvalue weighted by molar-refractivity contribution is 6.00. The van der Waals surface area contributed by atoms with E-state index in [-0.39, 0.29) is 5.69 Å². The number of rotatable bonds is 5. The minimum absolute atomic E-state index is 0.218. The van der Waals surface area contributed by atoms with Crippen molar-refractivity contribution in [1.29, 1.82) is 0 Å². The predicted octanol–water partition coefficient (Wildman–Crippen LogP) is 5.57. The second-order valence-electron chi connectivity index (χ2n) is 5.99. The smallest absolute Gasteiger partial charge is 0.308 e. The second-order valence-corrected chi connectivity index (χ2v) is 5.99. The molecule has 4 N–H and O–H groups in total. The van der Waals surface area contributed by atoms with Crippen molar-refractivity contribution in [3.05, 3.63) is 84.4 Å². The van der Waals surface area contributed by atoms with Gasteiger partial charge in [0.2, 0.25) is 0 Å². The molecule has 150 valence electrons. The fraction of sp³-hybridized carbons (Fsp3) is 0.0500. The van der Waals surface area contributed by atoms with Gasteiger partial charge in [0.05, 0.1) is 16.9 Å². The second kappa shape index (κ2) is 8.53. The predicted molar refractivity (Wildman–Crippen MR) is 105 cm³/mol. The largest absolute Gasteiger partial charge is 0.416 e. The highest BCUT2D eigenvalue weighted by atomic mass is 19.4. The number of nitrogens with zero attached hydrogens (tertiary/aromatic N) is 1. The standard InChI is InChI=1S/C20H17F3N4O2/c21-20(22,23)14-9-11-15(12-10-14)24-19(28)25-16-5-4-6-17(13-16)26-27(29)18-7-2-1-3-8-18/h1-13,26,29H,(H2,24,25,28). The number of hydrazine groups is 1. The number of urea groups is 1. The summed E-state index contributed by atoms with van der Waals surface area (Å²) in [6, 6.07) is 18.8. The third-order valence-electron chi connectivity index (χ3n) is 3.83. The molecule has 0 fully saturated rings. The summed E-state index contributed by atoms with van der Waals surface area (Å²) in [4.78, 5) is 12.1. The van der Waals surface area contributed by atoms with Gasteiger partial charge in [-0.05, 0) is 54.6 Å². The Kier molecular flexibility index (Phi) is 5.89. The van der Waals surface area contributed by atoms with Gasteiger partial charge in [-0.2, -0.15) is 18.3 Å². The van der Waals surface area contributed by atoms with E-state index in [1.807, 2.05) is 6.07 Å². The molecule has 0 heterocycles. The highest BCUT2D eigenvalue weighted by Crippen LogP contribution is 2.29. The quantitative estimate of drug-likeness (QED) is 0.421. The molecule has 29 heavy (non-hydrogen) atoms. The van der Waals surface area contributed by atoms with Crippen molar-refractivity contribution >= 4 is 28.8 Å². The Bertz CT molecular complexity index is 963. The summed E-state index contributed by atoms with van der Waals surface area (Å²) in [6.07, 6.45) is -4.44. The number of benzene rings is 3. The first-order valence-electron chi connectivity index (χ1n) is 8.47. The maximum atomic E-state index is 12.6. The number of anilines is 4. The number of alkyl halides is 3. The first-order chi connectivity index (χ1) is 13.8. The maximum Gasteiger partial charge on any atom is 0.416 e. The zero-order valence-corrected chi connectivity index (χ0v) is 14.9. The fourth-order valence-corrected chi connectivity index (χ4v) is 2.46. The van der Waals surface area contributed by atoms with Gasteiger partial charge in [0, 0.05) is 11.4 Å². The maximum absolute atomic E-state index is 12.6. The van der Waals surface area contributed by atoms with E-state index in [2.05, 4.69) is 16.1 Å². The minimum Gasteiger partial charge on any atom is -0.308 e. The fourth-order valence-electron chi connectivity index (χ4n) is 2.46. The molecule has 0 unspecified atom stereocenters. The van der Waals surface area contributed by atoms with Gasteiger partial charge in [-0.15, -0.1) is 0 Å². The number of nitrogens with one attached hydrogen (secondary N) is 3. The Labute approximate surface area is 164 Å². The van der Waals surface area contributed by atoms with Gasteiger partial charge in [0.25, 0.3) is 0 Å². The summed E-state index contributed by atoms with van der Waals surface area (Å²) in [7, 11) is 0. The van der Waals surface area contributed by atoms with Crippen LogP contribution in [-0.4, -0.2) is 11.2 Å². The molecule has 2 amide bonds. The number of carbonyl (C=O) groups is 1. The number of halogens is 3. The number of hydrogen-bond acceptors (Lipinski definition) is 4. The average molecular weight is 402 g/mol. The van der Waals surface area contributed by atoms with E-state index in [0.29, 0.717) is 17.1 Å². The third kappa shape index (κ3) is 5.63. The summed E-state index contributed by atoms with van der Waals surface area (Å²) in [5.41, 5.74) is 3.61. The van der Waals surface area contributed by atoms with Crippen LogP contribution < -0.4 is 21.2 Å². The first kappa shape index (κ1) is 20.0. The Balaban J connectivity index is 1.60. The lowest BCUT2D eigenvalue weighted by atomic mass is 10.2. The Morgan fingerprint density at radius 2 is 1.41 bits per heavy atom. The van der Waals surface area contributed by atoms with Crippen molar-refractivity contribution in [2.75, 3.05) is 21.2 Å². The lowest BCUT2D eigenvalue weighted by molar-refractivity contribution is -0.137. The van der Waals surface area contributed by atoms with Gasteiger partial charge in [0.1, 0.15) is 0 Å². The van der Waals surface area contributed by atoms with Gasteiger partial charge in [0.15, 0.2) is 0 Å². The van der Waals surface area contributed by atoms with Crippen molar-refractivity contribution in [3.63, 3.8) is 0 Å². The van der Waals surface area contributed by atoms with E-state index in [0.717, 1.165) is 17.3 Å². The van der Waals surface area contributed by atoms with E-state index in [9.17, 15) is 23.2 Å². The van der Waals surface area contributed by atoms with Crippen LogP contribution in [0.5, 0.6) is 0 Å². The molecule has 6 nitrogen and oxygen atoms in total. The van der Waals surface area contributed by atoms with Gasteiger partial charge in [-0.3, -0.25) is 10.6 Å². The SMILES string of the molecule is O=C(Nc1ccc(C(F)(F)F)cc1)Nc1cccc(NN(O)c2ccccc2)c1. The zero-order valence-electron chi connectivity index (χ0n) is 14.9. The molecule has 0 aliphatic rings. The highest BCUT2D eigenvalue weighted by Gasteiger charge is 2.29. The third-order valence-corrected chi connectivity index (χ3v) is 3.83. The van der Waals surface area contributed by atoms with Crippen LogP contribution in [0.15, 0.2) is 78.9 Å². The van der Waals surface area contributed by atoms with E-state index >= 15 is 0 Å². The molecule has 3 aromatic carbocycles. The molecule has 0 atom stereocenters. The van der Waals surface area contributed by atoms with Gasteiger partial charge >= 0.3 is 12.2 Å². The molecule has 0 aliphatic heterocycles. The van der Waals surface area contributed by atoms with Crippen LogP contribution in [0.1, 0.15) is 5.56 Å². The summed E-state index contributed by atoms with van der Waals surface area (Å²) >= 11 is 0. The monoisotopic (exact) mass is 402 g/mol. The molecule has 0 aromatic heterocycles. The summed E-state index contributed by atoms with van der Waals surface area (Å²) in [6.45, 7) is 0. The van der Waals surface area contributed by atoms with Crippen molar-refractivity contribution in [3.8, 4) is 0 Å². The van der Waals surface area contributed by atoms with Gasteiger partial charge in [-0.1, -0.05) is 24.3 Å². The molecule has 0 radical (unpaired) electrons. The summed E-state index contributed by atoms with van der Waals surface area (Å²) in [5.74, 6) is 0. The summed E-state index contributed by atoms with van der Waals surface area (Å²) in [5, 5.41) is 15.9. The van der Waals surface area contributed by atoms with E-state index in [4.69, 9.17) is 0 Å². The van der Waals surface area contributed by atoms with E-state index in [1.54, 1.807) is 48.5 Å². The Morgan fingerprint density at radius 1 is 0.793 bits per heavy atom. The number of para-hydroxylation sites is 1. The first-order valence-corrected chi connectivity index (χ1v) is 8.47. The van der Waals surface area contributed by atoms with Crippen molar-refractivity contribution in [2.45, 2.75) is 6.18 Å². The van der Waals surface area contributed by atoms with Gasteiger partial charge in [-0.25, -0.2) is 4.79 Å². The van der Waals surface area contributed by atoms with Crippen LogP contribution in [0, 0.1) is 0 Å². The van der Waals surface area contributed by atoms with Crippen molar-refractivity contribution in [2.24, 2.45) is 0 Å². The summed E-state index contributed by atoms with van der Waals surface area (Å²) < 4.78 is 37.7. The normalized spacial score (nSPS) is 10.9. The average Bonchev–Trinajstić information content (AvgIpc) is 2.68. The van der Waals surface area contributed by atoms with Crippen molar-refractivity contribution in [1.82, 2.24) is 0 Å². The molecule has 9 heteroatoms. The molecule has 3 rings (SSSR count). The number of amides is 2. The molecule has 0 spiro atoms. The van der Waals surface area contributed by atoms with E-state index in [1.165, 1.54) is 12.1 Å². The number of carbonyl (C=O) groups excluding carboxylic acids is 1.